The average Bonchev–Trinajstić information content (AvgIpc) is 3.20. The number of rotatable bonds is 5. The molecular formula is C14H14N4O2S. The van der Waals surface area contributed by atoms with Crippen molar-refractivity contribution in [3.63, 3.8) is 0 Å². The van der Waals surface area contributed by atoms with Crippen molar-refractivity contribution >= 4 is 17.2 Å². The largest absolute Gasteiger partial charge is 0.351 e. The van der Waals surface area contributed by atoms with Gasteiger partial charge in [-0.25, -0.2) is 0 Å². The van der Waals surface area contributed by atoms with E-state index in [9.17, 15) is 4.79 Å². The molecule has 0 unspecified atom stereocenters. The number of nitrogens with zero attached hydrogens (tertiary/aromatic N) is 3. The molecule has 0 aliphatic carbocycles. The van der Waals surface area contributed by atoms with Crippen LogP contribution < -0.4 is 5.32 Å². The van der Waals surface area contributed by atoms with Crippen LogP contribution in [0, 0.1) is 6.92 Å². The summed E-state index contributed by atoms with van der Waals surface area (Å²) in [4.78, 5) is 12.8. The summed E-state index contributed by atoms with van der Waals surface area (Å²) in [6.45, 7) is 3.09. The highest BCUT2D eigenvalue weighted by molar-refractivity contribution is 7.13. The van der Waals surface area contributed by atoms with E-state index in [4.69, 9.17) is 4.52 Å². The molecule has 7 heteroatoms. The first-order chi connectivity index (χ1) is 10.2. The highest BCUT2D eigenvalue weighted by atomic mass is 32.1. The zero-order valence-corrected chi connectivity index (χ0v) is 12.3. The van der Waals surface area contributed by atoms with Gasteiger partial charge in [-0.3, -0.25) is 9.48 Å². The maximum Gasteiger partial charge on any atom is 0.289 e. The van der Waals surface area contributed by atoms with Crippen LogP contribution in [0.25, 0.3) is 10.6 Å². The Morgan fingerprint density at radius 3 is 3.10 bits per heavy atom. The van der Waals surface area contributed by atoms with E-state index in [1.165, 1.54) is 12.3 Å². The van der Waals surface area contributed by atoms with E-state index < -0.39 is 0 Å². The zero-order chi connectivity index (χ0) is 14.7. The van der Waals surface area contributed by atoms with Crippen LogP contribution in [0.2, 0.25) is 0 Å². The minimum atomic E-state index is -0.268. The molecule has 0 aliphatic rings. The summed E-state index contributed by atoms with van der Waals surface area (Å²) in [5, 5.41) is 12.9. The Kier molecular flexibility index (Phi) is 3.83. The summed E-state index contributed by atoms with van der Waals surface area (Å²) in [7, 11) is 0. The number of hydrogen-bond acceptors (Lipinski definition) is 5. The van der Waals surface area contributed by atoms with Gasteiger partial charge >= 0.3 is 0 Å². The molecule has 21 heavy (non-hydrogen) atoms. The molecule has 1 amide bonds. The molecule has 0 atom stereocenters. The fourth-order valence-corrected chi connectivity index (χ4v) is 2.66. The molecule has 0 aromatic carbocycles. The standard InChI is InChI=1S/C14H14N4O2S/c1-10-9-11(13-3-2-8-21-13)17-18(10)7-6-15-14(19)12-4-5-16-20-12/h2-5,8-9H,6-7H2,1H3,(H,15,19). The number of carbonyl (C=O) groups excluding carboxylic acids is 1. The second-order valence-corrected chi connectivity index (χ2v) is 5.45. The van der Waals surface area contributed by atoms with E-state index in [1.807, 2.05) is 35.2 Å². The predicted molar refractivity (Wildman–Crippen MR) is 79.1 cm³/mol. The van der Waals surface area contributed by atoms with E-state index in [0.717, 1.165) is 16.3 Å². The van der Waals surface area contributed by atoms with Gasteiger partial charge in [0.25, 0.3) is 5.91 Å². The van der Waals surface area contributed by atoms with E-state index in [-0.39, 0.29) is 11.7 Å². The van der Waals surface area contributed by atoms with Crippen molar-refractivity contribution in [2.75, 3.05) is 6.54 Å². The van der Waals surface area contributed by atoms with Crippen LogP contribution in [0.1, 0.15) is 16.2 Å². The Labute approximate surface area is 125 Å². The number of thiophene rings is 1. The van der Waals surface area contributed by atoms with Gasteiger partial charge in [0, 0.05) is 18.3 Å². The Hall–Kier alpha value is -2.41. The van der Waals surface area contributed by atoms with Crippen molar-refractivity contribution in [3.8, 4) is 10.6 Å². The van der Waals surface area contributed by atoms with E-state index >= 15 is 0 Å². The molecule has 0 saturated carbocycles. The second kappa shape index (κ2) is 5.92. The molecule has 1 N–H and O–H groups in total. The lowest BCUT2D eigenvalue weighted by molar-refractivity contribution is 0.0915. The molecule has 3 aromatic heterocycles. The Balaban J connectivity index is 1.60. The third-order valence-corrected chi connectivity index (χ3v) is 3.92. The molecule has 6 nitrogen and oxygen atoms in total. The molecule has 3 heterocycles. The summed E-state index contributed by atoms with van der Waals surface area (Å²) in [6, 6.07) is 7.63. The summed E-state index contributed by atoms with van der Waals surface area (Å²) < 4.78 is 6.68. The first-order valence-corrected chi connectivity index (χ1v) is 7.39. The Bertz CT molecular complexity index is 716. The normalized spacial score (nSPS) is 10.7. The lowest BCUT2D eigenvalue weighted by atomic mass is 10.3. The summed E-state index contributed by atoms with van der Waals surface area (Å²) in [5.74, 6) is -0.0535. The van der Waals surface area contributed by atoms with E-state index in [2.05, 4.69) is 15.6 Å². The van der Waals surface area contributed by atoms with Crippen molar-refractivity contribution in [2.24, 2.45) is 0 Å². The highest BCUT2D eigenvalue weighted by Crippen LogP contribution is 2.23. The summed E-state index contributed by atoms with van der Waals surface area (Å²) >= 11 is 1.66. The van der Waals surface area contributed by atoms with Gasteiger partial charge in [-0.2, -0.15) is 5.10 Å². The molecule has 3 rings (SSSR count). The summed E-state index contributed by atoms with van der Waals surface area (Å²) in [5.41, 5.74) is 2.02. The van der Waals surface area contributed by atoms with Gasteiger partial charge in [0.1, 0.15) is 5.69 Å². The first-order valence-electron chi connectivity index (χ1n) is 6.51. The lowest BCUT2D eigenvalue weighted by Gasteiger charge is -2.05. The molecule has 0 bridgehead atoms. The zero-order valence-electron chi connectivity index (χ0n) is 11.4. The fraction of sp³-hybridized carbons (Fsp3) is 0.214. The van der Waals surface area contributed by atoms with Crippen molar-refractivity contribution in [2.45, 2.75) is 13.5 Å². The van der Waals surface area contributed by atoms with Gasteiger partial charge < -0.3 is 9.84 Å². The fourth-order valence-electron chi connectivity index (χ4n) is 1.98. The van der Waals surface area contributed by atoms with Crippen LogP contribution in [0.5, 0.6) is 0 Å². The number of nitrogens with one attached hydrogen (secondary N) is 1. The van der Waals surface area contributed by atoms with Crippen molar-refractivity contribution in [1.29, 1.82) is 0 Å². The number of amides is 1. The molecular weight excluding hydrogens is 288 g/mol. The van der Waals surface area contributed by atoms with Crippen LogP contribution in [0.4, 0.5) is 0 Å². The molecule has 0 radical (unpaired) electrons. The molecule has 0 saturated heterocycles. The molecule has 0 aliphatic heterocycles. The SMILES string of the molecule is Cc1cc(-c2cccs2)nn1CCNC(=O)c1ccno1. The van der Waals surface area contributed by atoms with Crippen molar-refractivity contribution in [3.05, 3.63) is 47.3 Å². The van der Waals surface area contributed by atoms with Gasteiger partial charge in [0.05, 0.1) is 17.6 Å². The molecule has 3 aromatic rings. The number of aromatic nitrogens is 3. The minimum Gasteiger partial charge on any atom is -0.351 e. The second-order valence-electron chi connectivity index (χ2n) is 4.50. The van der Waals surface area contributed by atoms with Crippen LogP contribution in [-0.4, -0.2) is 27.4 Å². The van der Waals surface area contributed by atoms with Crippen LogP contribution in [0.3, 0.4) is 0 Å². The Morgan fingerprint density at radius 2 is 2.38 bits per heavy atom. The van der Waals surface area contributed by atoms with Crippen LogP contribution >= 0.6 is 11.3 Å². The first kappa shape index (κ1) is 13.6. The van der Waals surface area contributed by atoms with Gasteiger partial charge in [0.2, 0.25) is 5.76 Å². The number of hydrogen-bond donors (Lipinski definition) is 1. The van der Waals surface area contributed by atoms with Gasteiger partial charge in [0.15, 0.2) is 0 Å². The smallest absolute Gasteiger partial charge is 0.289 e. The van der Waals surface area contributed by atoms with Crippen LogP contribution in [-0.2, 0) is 6.54 Å². The Morgan fingerprint density at radius 1 is 1.48 bits per heavy atom. The predicted octanol–water partition coefficient (Wildman–Crippen LogP) is 2.34. The third kappa shape index (κ3) is 3.03. The molecule has 0 spiro atoms. The maximum absolute atomic E-state index is 11.7. The quantitative estimate of drug-likeness (QED) is 0.785. The average molecular weight is 302 g/mol. The van der Waals surface area contributed by atoms with Gasteiger partial charge in [-0.15, -0.1) is 11.3 Å². The molecule has 0 fully saturated rings. The molecule has 108 valence electrons. The monoisotopic (exact) mass is 302 g/mol. The van der Waals surface area contributed by atoms with Crippen LogP contribution in [0.15, 0.2) is 40.4 Å². The topological polar surface area (TPSA) is 73.0 Å². The van der Waals surface area contributed by atoms with Gasteiger partial charge in [-0.1, -0.05) is 11.2 Å². The van der Waals surface area contributed by atoms with Crippen molar-refractivity contribution in [1.82, 2.24) is 20.3 Å². The van der Waals surface area contributed by atoms with E-state index in [1.54, 1.807) is 11.3 Å². The highest BCUT2D eigenvalue weighted by Gasteiger charge is 2.10. The summed E-state index contributed by atoms with van der Waals surface area (Å²) in [6.07, 6.45) is 1.44. The van der Waals surface area contributed by atoms with Crippen molar-refractivity contribution < 1.29 is 9.32 Å². The van der Waals surface area contributed by atoms with Gasteiger partial charge in [-0.05, 0) is 24.4 Å². The van der Waals surface area contributed by atoms with E-state index in [0.29, 0.717) is 13.1 Å². The number of carbonyl (C=O) groups is 1. The lowest BCUT2D eigenvalue weighted by Crippen LogP contribution is -2.27. The third-order valence-electron chi connectivity index (χ3n) is 3.03. The minimum absolute atomic E-state index is 0.214. The number of aryl methyl sites for hydroxylation is 1. The maximum atomic E-state index is 11.7.